The number of aliphatic hydroxyl groups is 1. The van der Waals surface area contributed by atoms with Crippen LogP contribution in [-0.4, -0.2) is 29.3 Å². The zero-order valence-electron chi connectivity index (χ0n) is 9.82. The van der Waals surface area contributed by atoms with Gasteiger partial charge in [-0.3, -0.25) is 0 Å². The highest BCUT2D eigenvalue weighted by Gasteiger charge is 2.41. The lowest BCUT2D eigenvalue weighted by Gasteiger charge is -2.11. The minimum Gasteiger partial charge on any atom is -0.475 e. The normalized spacial score (nSPS) is 17.1. The van der Waals surface area contributed by atoms with Crippen LogP contribution in [0.1, 0.15) is 34.7 Å². The van der Waals surface area contributed by atoms with Gasteiger partial charge in [-0.05, 0) is 25.8 Å². The topological polar surface area (TPSA) is 82.7 Å². The third kappa shape index (κ3) is 2.68. The first kappa shape index (κ1) is 12.1. The van der Waals surface area contributed by atoms with Gasteiger partial charge in [0.25, 0.3) is 0 Å². The Morgan fingerprint density at radius 2 is 2.29 bits per heavy atom. The molecule has 0 unspecified atom stereocenters. The first-order valence-electron chi connectivity index (χ1n) is 5.70. The zero-order chi connectivity index (χ0) is 12.5. The van der Waals surface area contributed by atoms with Crippen molar-refractivity contribution in [1.82, 2.24) is 5.32 Å². The Morgan fingerprint density at radius 3 is 2.76 bits per heavy atom. The summed E-state index contributed by atoms with van der Waals surface area (Å²) >= 11 is 0. The van der Waals surface area contributed by atoms with Crippen molar-refractivity contribution in [3.8, 4) is 0 Å². The van der Waals surface area contributed by atoms with Gasteiger partial charge >= 0.3 is 5.97 Å². The highest BCUT2D eigenvalue weighted by molar-refractivity contribution is 5.84. The molecule has 1 fully saturated rings. The first-order valence-corrected chi connectivity index (χ1v) is 5.70. The number of aliphatic hydroxyl groups excluding tert-OH is 1. The molecule has 94 valence electrons. The van der Waals surface area contributed by atoms with Gasteiger partial charge in [0.15, 0.2) is 0 Å². The summed E-state index contributed by atoms with van der Waals surface area (Å²) in [6.45, 7) is 3.30. The van der Waals surface area contributed by atoms with E-state index in [1.165, 1.54) is 0 Å². The first-order chi connectivity index (χ1) is 8.06. The maximum Gasteiger partial charge on any atom is 0.371 e. The van der Waals surface area contributed by atoms with Crippen molar-refractivity contribution < 1.29 is 19.4 Å². The largest absolute Gasteiger partial charge is 0.475 e. The van der Waals surface area contributed by atoms with E-state index in [0.29, 0.717) is 12.3 Å². The summed E-state index contributed by atoms with van der Waals surface area (Å²) < 4.78 is 5.11. The van der Waals surface area contributed by atoms with Crippen LogP contribution in [0.15, 0.2) is 10.5 Å². The van der Waals surface area contributed by atoms with E-state index in [0.717, 1.165) is 24.9 Å². The number of carboxylic acids is 1. The van der Waals surface area contributed by atoms with Crippen molar-refractivity contribution in [3.05, 3.63) is 23.2 Å². The predicted molar refractivity (Wildman–Crippen MR) is 60.9 cm³/mol. The van der Waals surface area contributed by atoms with Gasteiger partial charge in [-0.2, -0.15) is 0 Å². The average molecular weight is 239 g/mol. The fourth-order valence-corrected chi connectivity index (χ4v) is 1.83. The molecule has 17 heavy (non-hydrogen) atoms. The molecule has 0 radical (unpaired) electrons. The van der Waals surface area contributed by atoms with E-state index >= 15 is 0 Å². The summed E-state index contributed by atoms with van der Waals surface area (Å²) in [5.74, 6) is -0.445. The Balaban J connectivity index is 1.88. The van der Waals surface area contributed by atoms with Crippen molar-refractivity contribution in [2.45, 2.75) is 26.3 Å². The molecule has 1 aromatic heterocycles. The number of aryl methyl sites for hydroxylation is 1. The van der Waals surface area contributed by atoms with Crippen LogP contribution in [0.2, 0.25) is 0 Å². The average Bonchev–Trinajstić information content (AvgIpc) is 2.97. The summed E-state index contributed by atoms with van der Waals surface area (Å²) in [6, 6.07) is 1.54. The number of carbonyl (C=O) groups is 1. The molecule has 1 saturated carbocycles. The quantitative estimate of drug-likeness (QED) is 0.693. The number of aromatic carboxylic acids is 1. The van der Waals surface area contributed by atoms with Crippen molar-refractivity contribution in [2.75, 3.05) is 13.2 Å². The van der Waals surface area contributed by atoms with Crippen LogP contribution in [-0.2, 0) is 6.54 Å². The molecule has 1 aliphatic carbocycles. The molecule has 0 spiro atoms. The summed E-state index contributed by atoms with van der Waals surface area (Å²) in [5.41, 5.74) is 0.920. The van der Waals surface area contributed by atoms with E-state index in [9.17, 15) is 4.79 Å². The highest BCUT2D eigenvalue weighted by atomic mass is 16.4. The molecule has 0 aliphatic heterocycles. The SMILES string of the molecule is Cc1oc(C(=O)O)cc1CNCC1(CO)CC1. The maximum atomic E-state index is 10.7. The number of furan rings is 1. The van der Waals surface area contributed by atoms with Crippen LogP contribution in [0.25, 0.3) is 0 Å². The third-order valence-electron chi connectivity index (χ3n) is 3.34. The molecule has 0 atom stereocenters. The van der Waals surface area contributed by atoms with Crippen molar-refractivity contribution >= 4 is 5.97 Å². The summed E-state index contributed by atoms with van der Waals surface area (Å²) in [4.78, 5) is 10.7. The van der Waals surface area contributed by atoms with Crippen LogP contribution in [0.4, 0.5) is 0 Å². The van der Waals surface area contributed by atoms with E-state index in [1.807, 2.05) is 0 Å². The van der Waals surface area contributed by atoms with Crippen molar-refractivity contribution in [3.63, 3.8) is 0 Å². The van der Waals surface area contributed by atoms with Gasteiger partial charge in [0.2, 0.25) is 5.76 Å². The van der Waals surface area contributed by atoms with E-state index in [1.54, 1.807) is 13.0 Å². The molecular formula is C12H17NO4. The zero-order valence-corrected chi connectivity index (χ0v) is 9.82. The molecule has 1 aliphatic rings. The van der Waals surface area contributed by atoms with E-state index in [-0.39, 0.29) is 17.8 Å². The van der Waals surface area contributed by atoms with Gasteiger partial charge in [-0.15, -0.1) is 0 Å². The van der Waals surface area contributed by atoms with Crippen LogP contribution in [0.5, 0.6) is 0 Å². The Morgan fingerprint density at radius 1 is 1.59 bits per heavy atom. The Bertz CT molecular complexity index is 420. The van der Waals surface area contributed by atoms with Gasteiger partial charge in [0.05, 0.1) is 0 Å². The molecule has 5 nitrogen and oxygen atoms in total. The van der Waals surface area contributed by atoms with Crippen LogP contribution >= 0.6 is 0 Å². The molecule has 1 aromatic rings. The van der Waals surface area contributed by atoms with E-state index < -0.39 is 5.97 Å². The molecule has 5 heteroatoms. The van der Waals surface area contributed by atoms with Gasteiger partial charge in [0.1, 0.15) is 5.76 Å². The highest BCUT2D eigenvalue weighted by Crippen LogP contribution is 2.44. The van der Waals surface area contributed by atoms with Crippen LogP contribution in [0, 0.1) is 12.3 Å². The lowest BCUT2D eigenvalue weighted by molar-refractivity contribution is 0.0661. The fourth-order valence-electron chi connectivity index (χ4n) is 1.83. The molecule has 0 aromatic carbocycles. The van der Waals surface area contributed by atoms with E-state index in [4.69, 9.17) is 14.6 Å². The van der Waals surface area contributed by atoms with Crippen LogP contribution < -0.4 is 5.32 Å². The van der Waals surface area contributed by atoms with Crippen LogP contribution in [0.3, 0.4) is 0 Å². The van der Waals surface area contributed by atoms with Gasteiger partial charge in [-0.25, -0.2) is 4.79 Å². The maximum absolute atomic E-state index is 10.7. The Hall–Kier alpha value is -1.33. The summed E-state index contributed by atoms with van der Waals surface area (Å²) in [5, 5.41) is 21.2. The lowest BCUT2D eigenvalue weighted by Crippen LogP contribution is -2.26. The van der Waals surface area contributed by atoms with Crippen molar-refractivity contribution in [1.29, 1.82) is 0 Å². The summed E-state index contributed by atoms with van der Waals surface area (Å²) in [7, 11) is 0. The fraction of sp³-hybridized carbons (Fsp3) is 0.583. The second-order valence-corrected chi connectivity index (χ2v) is 4.76. The van der Waals surface area contributed by atoms with Crippen molar-refractivity contribution in [2.24, 2.45) is 5.41 Å². The molecule has 0 amide bonds. The minimum absolute atomic E-state index is 0.0254. The van der Waals surface area contributed by atoms with Gasteiger partial charge in [-0.1, -0.05) is 0 Å². The van der Waals surface area contributed by atoms with Gasteiger partial charge in [0, 0.05) is 30.7 Å². The number of carboxylic acid groups (broad SMARTS) is 1. The summed E-state index contributed by atoms with van der Waals surface area (Å²) in [6.07, 6.45) is 2.11. The molecule has 3 N–H and O–H groups in total. The molecule has 0 saturated heterocycles. The van der Waals surface area contributed by atoms with Gasteiger partial charge < -0.3 is 19.9 Å². The minimum atomic E-state index is -1.05. The number of rotatable bonds is 6. The molecular weight excluding hydrogens is 222 g/mol. The molecule has 1 heterocycles. The smallest absolute Gasteiger partial charge is 0.371 e. The second kappa shape index (κ2) is 4.50. The Labute approximate surface area is 99.4 Å². The number of nitrogens with one attached hydrogen (secondary N) is 1. The monoisotopic (exact) mass is 239 g/mol. The molecule has 2 rings (SSSR count). The number of hydrogen-bond acceptors (Lipinski definition) is 4. The molecule has 0 bridgehead atoms. The Kier molecular flexibility index (Phi) is 3.22. The second-order valence-electron chi connectivity index (χ2n) is 4.76. The standard InChI is InChI=1S/C12H17NO4/c1-8-9(4-10(17-8)11(15)16)5-13-6-12(7-14)2-3-12/h4,13-14H,2-3,5-7H2,1H3,(H,15,16). The third-order valence-corrected chi connectivity index (χ3v) is 3.34. The predicted octanol–water partition coefficient (Wildman–Crippen LogP) is 1.15. The van der Waals surface area contributed by atoms with E-state index in [2.05, 4.69) is 5.32 Å². The lowest BCUT2D eigenvalue weighted by atomic mass is 10.1. The number of hydrogen-bond donors (Lipinski definition) is 3.